The molecule has 2 aliphatic carbocycles. The molecule has 0 unspecified atom stereocenters. The number of aromatic amines is 1. The molecule has 0 spiro atoms. The Bertz CT molecular complexity index is 339. The molecule has 2 fully saturated rings. The average Bonchev–Trinajstić information content (AvgIpc) is 3.22. The van der Waals surface area contributed by atoms with Crippen LogP contribution in [0.2, 0.25) is 0 Å². The first-order chi connectivity index (χ1) is 9.93. The minimum absolute atomic E-state index is 1.08. The van der Waals surface area contributed by atoms with Crippen LogP contribution in [-0.2, 0) is 6.42 Å². The van der Waals surface area contributed by atoms with Crippen molar-refractivity contribution < 1.29 is 0 Å². The highest BCUT2D eigenvalue weighted by Crippen LogP contribution is 2.43. The van der Waals surface area contributed by atoms with Crippen LogP contribution in [0, 0.1) is 17.8 Å². The molecule has 1 aromatic rings. The van der Waals surface area contributed by atoms with Crippen LogP contribution in [-0.4, -0.2) is 4.98 Å². The number of rotatable bonds is 7. The standard InChI is InChI=1S/C19H31N/c1(7-16-13-14-20-15-16)6-12-19(17-8-2-3-9-17)18-10-4-5-11-18/h13-15,17-20H,1-12H2. The van der Waals surface area contributed by atoms with Crippen LogP contribution in [0.15, 0.2) is 18.5 Å². The molecule has 2 aliphatic rings. The Morgan fingerprint density at radius 1 is 0.950 bits per heavy atom. The van der Waals surface area contributed by atoms with Crippen molar-refractivity contribution in [3.63, 3.8) is 0 Å². The predicted octanol–water partition coefficient (Wildman–Crippen LogP) is 5.72. The lowest BCUT2D eigenvalue weighted by Crippen LogP contribution is -2.20. The fraction of sp³-hybridized carbons (Fsp3) is 0.789. The van der Waals surface area contributed by atoms with Gasteiger partial charge in [0.25, 0.3) is 0 Å². The number of aryl methyl sites for hydroxylation is 1. The van der Waals surface area contributed by atoms with Gasteiger partial charge in [-0.05, 0) is 48.6 Å². The third-order valence-corrected chi connectivity index (χ3v) is 5.93. The molecular formula is C19H31N. The van der Waals surface area contributed by atoms with Crippen LogP contribution in [0.1, 0.15) is 76.2 Å². The van der Waals surface area contributed by atoms with Gasteiger partial charge in [0, 0.05) is 12.4 Å². The second-order valence-electron chi connectivity index (χ2n) is 7.22. The van der Waals surface area contributed by atoms with Crippen molar-refractivity contribution in [3.05, 3.63) is 24.0 Å². The van der Waals surface area contributed by atoms with Crippen LogP contribution in [0.4, 0.5) is 0 Å². The summed E-state index contributed by atoms with van der Waals surface area (Å²) < 4.78 is 0. The van der Waals surface area contributed by atoms with E-state index in [1.54, 1.807) is 25.7 Å². The molecular weight excluding hydrogens is 242 g/mol. The maximum absolute atomic E-state index is 3.17. The molecule has 2 saturated carbocycles. The van der Waals surface area contributed by atoms with Gasteiger partial charge in [-0.3, -0.25) is 0 Å². The molecule has 1 N–H and O–H groups in total. The molecule has 0 aliphatic heterocycles. The molecule has 20 heavy (non-hydrogen) atoms. The lowest BCUT2D eigenvalue weighted by molar-refractivity contribution is 0.210. The van der Waals surface area contributed by atoms with Crippen LogP contribution in [0.25, 0.3) is 0 Å². The molecule has 0 aromatic carbocycles. The Kier molecular flexibility index (Phi) is 5.22. The van der Waals surface area contributed by atoms with Crippen LogP contribution in [0.5, 0.6) is 0 Å². The Hall–Kier alpha value is -0.720. The molecule has 1 heteroatoms. The second kappa shape index (κ2) is 7.33. The number of nitrogens with one attached hydrogen (secondary N) is 1. The fourth-order valence-electron chi connectivity index (χ4n) is 4.85. The Balaban J connectivity index is 1.45. The van der Waals surface area contributed by atoms with Gasteiger partial charge in [-0.2, -0.15) is 0 Å². The van der Waals surface area contributed by atoms with Gasteiger partial charge in [0.2, 0.25) is 0 Å². The molecule has 0 radical (unpaired) electrons. The van der Waals surface area contributed by atoms with Gasteiger partial charge in [-0.1, -0.05) is 57.8 Å². The topological polar surface area (TPSA) is 15.8 Å². The van der Waals surface area contributed by atoms with E-state index in [4.69, 9.17) is 0 Å². The molecule has 0 atom stereocenters. The first-order valence-corrected chi connectivity index (χ1v) is 9.05. The molecule has 0 bridgehead atoms. The van der Waals surface area contributed by atoms with Gasteiger partial charge >= 0.3 is 0 Å². The normalized spacial score (nSPS) is 21.2. The first kappa shape index (κ1) is 14.2. The van der Waals surface area contributed by atoms with E-state index in [9.17, 15) is 0 Å². The largest absolute Gasteiger partial charge is 0.367 e. The summed E-state index contributed by atoms with van der Waals surface area (Å²) in [5.74, 6) is 3.25. The zero-order valence-corrected chi connectivity index (χ0v) is 12.9. The summed E-state index contributed by atoms with van der Waals surface area (Å²) in [7, 11) is 0. The zero-order valence-electron chi connectivity index (χ0n) is 12.9. The molecule has 1 aromatic heterocycles. The van der Waals surface area contributed by atoms with Crippen molar-refractivity contribution in [3.8, 4) is 0 Å². The van der Waals surface area contributed by atoms with Crippen LogP contribution >= 0.6 is 0 Å². The molecule has 3 rings (SSSR count). The van der Waals surface area contributed by atoms with E-state index >= 15 is 0 Å². The number of aromatic nitrogens is 1. The van der Waals surface area contributed by atoms with Crippen molar-refractivity contribution in [2.45, 2.75) is 77.0 Å². The van der Waals surface area contributed by atoms with Crippen molar-refractivity contribution in [1.29, 1.82) is 0 Å². The summed E-state index contributed by atoms with van der Waals surface area (Å²) in [5.41, 5.74) is 1.49. The molecule has 1 nitrogen and oxygen atoms in total. The van der Waals surface area contributed by atoms with E-state index in [1.807, 2.05) is 0 Å². The van der Waals surface area contributed by atoms with Crippen LogP contribution in [0.3, 0.4) is 0 Å². The maximum atomic E-state index is 3.17. The SMILES string of the molecule is c1cc(CCCCC(C2CCCC2)C2CCCC2)c[nH]1. The average molecular weight is 273 g/mol. The minimum atomic E-state index is 1.08. The van der Waals surface area contributed by atoms with E-state index in [2.05, 4.69) is 23.4 Å². The summed E-state index contributed by atoms with van der Waals surface area (Å²) in [6.45, 7) is 0. The molecule has 1 heterocycles. The zero-order chi connectivity index (χ0) is 13.6. The van der Waals surface area contributed by atoms with Gasteiger partial charge in [0.1, 0.15) is 0 Å². The van der Waals surface area contributed by atoms with Crippen LogP contribution < -0.4 is 0 Å². The molecule has 0 amide bonds. The summed E-state index contributed by atoms with van der Waals surface area (Å²) in [6, 6.07) is 2.23. The van der Waals surface area contributed by atoms with Crippen molar-refractivity contribution >= 4 is 0 Å². The number of unbranched alkanes of at least 4 members (excludes halogenated alkanes) is 1. The van der Waals surface area contributed by atoms with Gasteiger partial charge in [-0.15, -0.1) is 0 Å². The Morgan fingerprint density at radius 2 is 1.60 bits per heavy atom. The number of hydrogen-bond acceptors (Lipinski definition) is 0. The van der Waals surface area contributed by atoms with E-state index in [0.717, 1.165) is 17.8 Å². The summed E-state index contributed by atoms with van der Waals surface area (Å²) in [6.07, 6.45) is 22.0. The number of H-pyrrole nitrogens is 1. The summed E-state index contributed by atoms with van der Waals surface area (Å²) in [4.78, 5) is 3.17. The van der Waals surface area contributed by atoms with Crippen molar-refractivity contribution in [2.75, 3.05) is 0 Å². The van der Waals surface area contributed by atoms with Crippen molar-refractivity contribution in [2.24, 2.45) is 17.8 Å². The highest BCUT2D eigenvalue weighted by Gasteiger charge is 2.32. The third-order valence-electron chi connectivity index (χ3n) is 5.93. The summed E-state index contributed by atoms with van der Waals surface area (Å²) in [5, 5.41) is 0. The highest BCUT2D eigenvalue weighted by atomic mass is 14.6. The van der Waals surface area contributed by atoms with Gasteiger partial charge in [0.05, 0.1) is 0 Å². The van der Waals surface area contributed by atoms with Gasteiger partial charge in [-0.25, -0.2) is 0 Å². The lowest BCUT2D eigenvalue weighted by Gasteiger charge is -2.29. The minimum Gasteiger partial charge on any atom is -0.367 e. The third kappa shape index (κ3) is 3.68. The maximum Gasteiger partial charge on any atom is 0.00373 e. The highest BCUT2D eigenvalue weighted by molar-refractivity contribution is 5.07. The molecule has 112 valence electrons. The lowest BCUT2D eigenvalue weighted by atomic mass is 9.76. The Labute approximate surface area is 124 Å². The van der Waals surface area contributed by atoms with Gasteiger partial charge < -0.3 is 4.98 Å². The number of hydrogen-bond donors (Lipinski definition) is 1. The molecule has 0 saturated heterocycles. The predicted molar refractivity (Wildman–Crippen MR) is 85.8 cm³/mol. The van der Waals surface area contributed by atoms with E-state index in [0.29, 0.717) is 0 Å². The smallest absolute Gasteiger partial charge is 0.00373 e. The van der Waals surface area contributed by atoms with Gasteiger partial charge in [0.15, 0.2) is 0 Å². The van der Waals surface area contributed by atoms with E-state index in [-0.39, 0.29) is 0 Å². The Morgan fingerprint density at radius 3 is 2.15 bits per heavy atom. The monoisotopic (exact) mass is 273 g/mol. The quantitative estimate of drug-likeness (QED) is 0.611. The van der Waals surface area contributed by atoms with Crippen molar-refractivity contribution in [1.82, 2.24) is 4.98 Å². The second-order valence-corrected chi connectivity index (χ2v) is 7.22. The van der Waals surface area contributed by atoms with E-state index < -0.39 is 0 Å². The summed E-state index contributed by atoms with van der Waals surface area (Å²) >= 11 is 0. The fourth-order valence-corrected chi connectivity index (χ4v) is 4.85. The first-order valence-electron chi connectivity index (χ1n) is 9.05. The van der Waals surface area contributed by atoms with E-state index in [1.165, 1.54) is 56.9 Å².